The molecule has 154 valence electrons. The van der Waals surface area contributed by atoms with Gasteiger partial charge in [0.15, 0.2) is 0 Å². The average molecular weight is 390 g/mol. The van der Waals surface area contributed by atoms with Gasteiger partial charge in [0.25, 0.3) is 0 Å². The molecule has 0 aromatic heterocycles. The molecule has 2 aromatic carbocycles. The molecule has 0 N–H and O–H groups in total. The van der Waals surface area contributed by atoms with Crippen LogP contribution in [0.1, 0.15) is 56.1 Å². The summed E-state index contributed by atoms with van der Waals surface area (Å²) in [5.41, 5.74) is 2.70. The number of benzene rings is 2. The highest BCUT2D eigenvalue weighted by Gasteiger charge is 2.17. The highest BCUT2D eigenvalue weighted by Crippen LogP contribution is 2.25. The summed E-state index contributed by atoms with van der Waals surface area (Å²) >= 11 is 0. The predicted molar refractivity (Wildman–Crippen MR) is 122 cm³/mol. The highest BCUT2D eigenvalue weighted by molar-refractivity contribution is 5.50. The van der Waals surface area contributed by atoms with Crippen molar-refractivity contribution in [1.82, 2.24) is 4.90 Å². The molecule has 1 aliphatic carbocycles. The second-order valence-corrected chi connectivity index (χ2v) is 8.84. The number of nitrogens with zero attached hydrogens (tertiary/aromatic N) is 1. The molecule has 0 amide bonds. The molecular weight excluding hydrogens is 354 g/mol. The summed E-state index contributed by atoms with van der Waals surface area (Å²) in [5.74, 6) is 2.47. The molecule has 2 fully saturated rings. The summed E-state index contributed by atoms with van der Waals surface area (Å²) < 4.78 is 6.03. The van der Waals surface area contributed by atoms with Gasteiger partial charge in [-0.15, -0.1) is 0 Å². The van der Waals surface area contributed by atoms with Crippen molar-refractivity contribution in [1.29, 1.82) is 0 Å². The molecule has 2 aliphatic rings. The Balaban J connectivity index is 1.19. The Labute approximate surface area is 176 Å². The number of hydrogen-bond acceptors (Lipinski definition) is 2. The van der Waals surface area contributed by atoms with Gasteiger partial charge < -0.3 is 4.74 Å². The number of hydrogen-bond donors (Lipinski definition) is 0. The fraction of sp³-hybridized carbons (Fsp3) is 0.481. The van der Waals surface area contributed by atoms with Crippen LogP contribution in [0.2, 0.25) is 0 Å². The molecule has 1 saturated heterocycles. The van der Waals surface area contributed by atoms with E-state index < -0.39 is 0 Å². The lowest BCUT2D eigenvalue weighted by atomic mass is 9.90. The normalized spacial score (nSPS) is 19.6. The average Bonchev–Trinajstić information content (AvgIpc) is 2.79. The molecule has 0 atom stereocenters. The summed E-state index contributed by atoms with van der Waals surface area (Å²) in [5, 5.41) is 0. The van der Waals surface area contributed by atoms with Crippen LogP contribution in [-0.4, -0.2) is 24.6 Å². The van der Waals surface area contributed by atoms with Crippen LogP contribution in [0.4, 0.5) is 0 Å². The van der Waals surface area contributed by atoms with E-state index in [-0.39, 0.29) is 0 Å². The molecule has 0 bridgehead atoms. The lowest BCUT2D eigenvalue weighted by molar-refractivity contribution is 0.196. The van der Waals surface area contributed by atoms with Gasteiger partial charge in [-0.05, 0) is 73.9 Å². The van der Waals surface area contributed by atoms with Crippen molar-refractivity contribution < 1.29 is 4.74 Å². The Morgan fingerprint density at radius 2 is 1.55 bits per heavy atom. The Bertz CT molecular complexity index is 738. The maximum atomic E-state index is 6.03. The van der Waals surface area contributed by atoms with Crippen LogP contribution < -0.4 is 4.74 Å². The molecule has 1 aliphatic heterocycles. The van der Waals surface area contributed by atoms with Crippen LogP contribution in [0.3, 0.4) is 0 Å². The fourth-order valence-electron chi connectivity index (χ4n) is 4.64. The Hall–Kier alpha value is -2.06. The number of allylic oxidation sites excluding steroid dienone is 1. The van der Waals surface area contributed by atoms with E-state index in [0.717, 1.165) is 24.8 Å². The van der Waals surface area contributed by atoms with Crippen LogP contribution in [0.15, 0.2) is 60.7 Å². The van der Waals surface area contributed by atoms with Crippen LogP contribution in [0.5, 0.6) is 5.75 Å². The minimum atomic E-state index is 0.698. The number of rotatable bonds is 7. The van der Waals surface area contributed by atoms with Crippen LogP contribution in [0.25, 0.3) is 6.08 Å². The van der Waals surface area contributed by atoms with Gasteiger partial charge in [-0.25, -0.2) is 0 Å². The first kappa shape index (κ1) is 20.2. The predicted octanol–water partition coefficient (Wildman–Crippen LogP) is 6.57. The standard InChI is InChI=1S/C27H35NO/c1-3-7-25(8-4-1)21-28-19-17-24(18-20-28)12-11-23-13-15-27(16-14-23)29-22-26-9-5-2-6-10-26/h1,3-4,7-8,11-16,24,26H,2,5-6,9-10,17-22H2. The zero-order chi connectivity index (χ0) is 19.7. The molecule has 0 radical (unpaired) electrons. The number of piperidine rings is 1. The van der Waals surface area contributed by atoms with E-state index in [1.807, 2.05) is 0 Å². The molecular formula is C27H35NO. The third-order valence-electron chi connectivity index (χ3n) is 6.53. The van der Waals surface area contributed by atoms with Gasteiger partial charge >= 0.3 is 0 Å². The second-order valence-electron chi connectivity index (χ2n) is 8.84. The molecule has 2 aromatic rings. The summed E-state index contributed by atoms with van der Waals surface area (Å²) in [6, 6.07) is 19.5. The van der Waals surface area contributed by atoms with Gasteiger partial charge in [0.2, 0.25) is 0 Å². The van der Waals surface area contributed by atoms with Crippen molar-refractivity contribution in [3.05, 3.63) is 71.8 Å². The molecule has 0 spiro atoms. The van der Waals surface area contributed by atoms with E-state index in [1.165, 1.54) is 69.2 Å². The minimum absolute atomic E-state index is 0.698. The van der Waals surface area contributed by atoms with Crippen molar-refractivity contribution in [2.45, 2.75) is 51.5 Å². The van der Waals surface area contributed by atoms with Crippen molar-refractivity contribution in [2.75, 3.05) is 19.7 Å². The summed E-state index contributed by atoms with van der Waals surface area (Å²) in [6.45, 7) is 4.35. The van der Waals surface area contributed by atoms with E-state index in [2.05, 4.69) is 71.6 Å². The summed E-state index contributed by atoms with van der Waals surface area (Å²) in [4.78, 5) is 2.58. The molecule has 4 rings (SSSR count). The van der Waals surface area contributed by atoms with Crippen LogP contribution in [-0.2, 0) is 6.54 Å². The molecule has 1 heterocycles. The highest BCUT2D eigenvalue weighted by atomic mass is 16.5. The third-order valence-corrected chi connectivity index (χ3v) is 6.53. The maximum absolute atomic E-state index is 6.03. The van der Waals surface area contributed by atoms with E-state index >= 15 is 0 Å². The Kier molecular flexibility index (Phi) is 7.42. The first-order valence-corrected chi connectivity index (χ1v) is 11.5. The summed E-state index contributed by atoms with van der Waals surface area (Å²) in [7, 11) is 0. The van der Waals surface area contributed by atoms with Gasteiger partial charge in [0.1, 0.15) is 5.75 Å². The Morgan fingerprint density at radius 1 is 0.828 bits per heavy atom. The first-order chi connectivity index (χ1) is 14.3. The van der Waals surface area contributed by atoms with Crippen molar-refractivity contribution in [3.8, 4) is 5.75 Å². The molecule has 0 unspecified atom stereocenters. The number of likely N-dealkylation sites (tertiary alicyclic amines) is 1. The zero-order valence-electron chi connectivity index (χ0n) is 17.6. The minimum Gasteiger partial charge on any atom is -0.493 e. The van der Waals surface area contributed by atoms with Crippen LogP contribution in [0, 0.1) is 11.8 Å². The van der Waals surface area contributed by atoms with Gasteiger partial charge in [-0.1, -0.05) is 73.9 Å². The first-order valence-electron chi connectivity index (χ1n) is 11.5. The fourth-order valence-corrected chi connectivity index (χ4v) is 4.64. The van der Waals surface area contributed by atoms with E-state index in [1.54, 1.807) is 0 Å². The maximum Gasteiger partial charge on any atom is 0.119 e. The van der Waals surface area contributed by atoms with Gasteiger partial charge in [0.05, 0.1) is 6.61 Å². The largest absolute Gasteiger partial charge is 0.493 e. The van der Waals surface area contributed by atoms with E-state index in [4.69, 9.17) is 4.74 Å². The molecule has 2 heteroatoms. The van der Waals surface area contributed by atoms with Gasteiger partial charge in [0, 0.05) is 6.54 Å². The molecule has 1 saturated carbocycles. The number of ether oxygens (including phenoxy) is 1. The molecule has 2 nitrogen and oxygen atoms in total. The Morgan fingerprint density at radius 3 is 2.28 bits per heavy atom. The second kappa shape index (κ2) is 10.6. The van der Waals surface area contributed by atoms with Gasteiger partial charge in [-0.3, -0.25) is 4.90 Å². The lowest BCUT2D eigenvalue weighted by Gasteiger charge is -2.30. The third kappa shape index (κ3) is 6.47. The van der Waals surface area contributed by atoms with Gasteiger partial charge in [-0.2, -0.15) is 0 Å². The zero-order valence-corrected chi connectivity index (χ0v) is 17.6. The van der Waals surface area contributed by atoms with E-state index in [9.17, 15) is 0 Å². The summed E-state index contributed by atoms with van der Waals surface area (Å²) in [6.07, 6.45) is 14.1. The van der Waals surface area contributed by atoms with Crippen molar-refractivity contribution >= 4 is 6.08 Å². The quantitative estimate of drug-likeness (QED) is 0.531. The monoisotopic (exact) mass is 389 g/mol. The van der Waals surface area contributed by atoms with Crippen molar-refractivity contribution in [2.24, 2.45) is 11.8 Å². The lowest BCUT2D eigenvalue weighted by Crippen LogP contribution is -2.32. The molecule has 29 heavy (non-hydrogen) atoms. The topological polar surface area (TPSA) is 12.5 Å². The van der Waals surface area contributed by atoms with Crippen molar-refractivity contribution in [3.63, 3.8) is 0 Å². The SMILES string of the molecule is C(=CC1CCN(Cc2ccccc2)CC1)c1ccc(OCC2CCCCC2)cc1. The smallest absolute Gasteiger partial charge is 0.119 e. The van der Waals surface area contributed by atoms with E-state index in [0.29, 0.717) is 5.92 Å². The van der Waals surface area contributed by atoms with Crippen LogP contribution >= 0.6 is 0 Å².